The zero-order chi connectivity index (χ0) is 16.3. The normalized spacial score (nSPS) is 23.3. The van der Waals surface area contributed by atoms with Crippen molar-refractivity contribution in [3.63, 3.8) is 0 Å². The second kappa shape index (κ2) is 6.95. The SMILES string of the molecule is FC(F)(F)c1cccc(N2CC[NH+](C[C@H]3CC=CCC3)CC2)c1. The van der Waals surface area contributed by atoms with Crippen molar-refractivity contribution in [3.05, 3.63) is 42.0 Å². The molecule has 23 heavy (non-hydrogen) atoms. The minimum Gasteiger partial charge on any atom is -0.360 e. The lowest BCUT2D eigenvalue weighted by Crippen LogP contribution is -3.15. The number of alkyl halides is 3. The molecule has 1 aliphatic carbocycles. The minimum absolute atomic E-state index is 0.557. The summed E-state index contributed by atoms with van der Waals surface area (Å²) in [5.74, 6) is 0.773. The van der Waals surface area contributed by atoms with Gasteiger partial charge in [-0.3, -0.25) is 0 Å². The van der Waals surface area contributed by atoms with Crippen LogP contribution in [0.15, 0.2) is 36.4 Å². The van der Waals surface area contributed by atoms with E-state index < -0.39 is 11.7 Å². The Kier molecular flexibility index (Phi) is 4.95. The Hall–Kier alpha value is -1.49. The number of allylic oxidation sites excluding steroid dienone is 2. The van der Waals surface area contributed by atoms with E-state index in [1.54, 1.807) is 11.0 Å². The zero-order valence-corrected chi connectivity index (χ0v) is 13.3. The smallest absolute Gasteiger partial charge is 0.360 e. The largest absolute Gasteiger partial charge is 0.416 e. The Bertz CT molecular complexity index is 545. The highest BCUT2D eigenvalue weighted by molar-refractivity contribution is 5.49. The Balaban J connectivity index is 1.55. The van der Waals surface area contributed by atoms with E-state index in [1.807, 2.05) is 0 Å². The molecule has 1 atom stereocenters. The van der Waals surface area contributed by atoms with E-state index in [1.165, 1.54) is 37.9 Å². The topological polar surface area (TPSA) is 7.68 Å². The average molecular weight is 325 g/mol. The van der Waals surface area contributed by atoms with Crippen molar-refractivity contribution in [2.45, 2.75) is 25.4 Å². The van der Waals surface area contributed by atoms with Crippen molar-refractivity contribution in [1.82, 2.24) is 0 Å². The third-order valence-corrected chi connectivity index (χ3v) is 4.96. The second-order valence-electron chi connectivity index (χ2n) is 6.64. The first-order valence-electron chi connectivity index (χ1n) is 8.43. The van der Waals surface area contributed by atoms with Gasteiger partial charge in [-0.15, -0.1) is 0 Å². The van der Waals surface area contributed by atoms with E-state index in [-0.39, 0.29) is 0 Å². The number of benzene rings is 1. The molecule has 1 fully saturated rings. The van der Waals surface area contributed by atoms with Crippen LogP contribution in [0.1, 0.15) is 24.8 Å². The maximum atomic E-state index is 12.8. The summed E-state index contributed by atoms with van der Waals surface area (Å²) < 4.78 is 38.5. The molecule has 3 rings (SSSR count). The van der Waals surface area contributed by atoms with E-state index in [2.05, 4.69) is 17.1 Å². The Morgan fingerprint density at radius 1 is 1.13 bits per heavy atom. The number of piperazine rings is 1. The summed E-state index contributed by atoms with van der Waals surface area (Å²) in [5.41, 5.74) is 0.137. The quantitative estimate of drug-likeness (QED) is 0.840. The van der Waals surface area contributed by atoms with Crippen LogP contribution in [-0.2, 0) is 6.18 Å². The Labute approximate surface area is 135 Å². The summed E-state index contributed by atoms with van der Waals surface area (Å²) in [7, 11) is 0. The molecule has 0 bridgehead atoms. The number of rotatable bonds is 3. The van der Waals surface area contributed by atoms with Crippen molar-refractivity contribution < 1.29 is 18.1 Å². The second-order valence-corrected chi connectivity index (χ2v) is 6.64. The van der Waals surface area contributed by atoms with Crippen LogP contribution in [0.4, 0.5) is 18.9 Å². The first kappa shape index (κ1) is 16.4. The molecule has 1 aromatic carbocycles. The standard InChI is InChI=1S/C18H23F3N2/c19-18(20,21)16-7-4-8-17(13-16)23-11-9-22(10-12-23)14-15-5-2-1-3-6-15/h1-2,4,7-8,13,15H,3,5-6,9-12,14H2/p+1/t15-/m0/s1. The molecule has 5 heteroatoms. The average Bonchev–Trinajstić information content (AvgIpc) is 2.56. The van der Waals surface area contributed by atoms with Crippen LogP contribution in [0.25, 0.3) is 0 Å². The molecule has 1 aromatic rings. The fourth-order valence-electron chi connectivity index (χ4n) is 3.61. The van der Waals surface area contributed by atoms with Gasteiger partial charge in [0.2, 0.25) is 0 Å². The minimum atomic E-state index is -4.27. The van der Waals surface area contributed by atoms with Gasteiger partial charge in [0.25, 0.3) is 0 Å². The first-order valence-corrected chi connectivity index (χ1v) is 8.43. The molecule has 126 valence electrons. The van der Waals surface area contributed by atoms with E-state index >= 15 is 0 Å². The molecule has 2 nitrogen and oxygen atoms in total. The molecule has 0 aromatic heterocycles. The van der Waals surface area contributed by atoms with Crippen molar-refractivity contribution in [3.8, 4) is 0 Å². The lowest BCUT2D eigenvalue weighted by molar-refractivity contribution is -0.904. The molecule has 0 unspecified atom stereocenters. The molecule has 0 spiro atoms. The molecule has 0 saturated carbocycles. The Morgan fingerprint density at radius 2 is 1.91 bits per heavy atom. The van der Waals surface area contributed by atoms with E-state index in [4.69, 9.17) is 0 Å². The van der Waals surface area contributed by atoms with Crippen LogP contribution in [0.5, 0.6) is 0 Å². The number of nitrogens with one attached hydrogen (secondary N) is 1. The van der Waals surface area contributed by atoms with Crippen molar-refractivity contribution in [2.24, 2.45) is 5.92 Å². The third-order valence-electron chi connectivity index (χ3n) is 4.96. The first-order chi connectivity index (χ1) is 11.0. The van der Waals surface area contributed by atoms with Crippen molar-refractivity contribution in [2.75, 3.05) is 37.6 Å². The van der Waals surface area contributed by atoms with Crippen LogP contribution in [0.3, 0.4) is 0 Å². The third kappa shape index (κ3) is 4.28. The molecule has 0 radical (unpaired) electrons. The van der Waals surface area contributed by atoms with Crippen LogP contribution in [0.2, 0.25) is 0 Å². The summed E-state index contributed by atoms with van der Waals surface area (Å²) >= 11 is 0. The molecule has 1 aliphatic heterocycles. The highest BCUT2D eigenvalue weighted by atomic mass is 19.4. The maximum Gasteiger partial charge on any atom is 0.416 e. The number of hydrogen-bond donors (Lipinski definition) is 1. The van der Waals surface area contributed by atoms with Crippen molar-refractivity contribution in [1.29, 1.82) is 0 Å². The number of anilines is 1. The van der Waals surface area contributed by atoms with Gasteiger partial charge in [-0.1, -0.05) is 18.2 Å². The van der Waals surface area contributed by atoms with Crippen molar-refractivity contribution >= 4 is 5.69 Å². The molecule has 1 N–H and O–H groups in total. The van der Waals surface area contributed by atoms with Crippen LogP contribution in [-0.4, -0.2) is 32.7 Å². The summed E-state index contributed by atoms with van der Waals surface area (Å²) in [6, 6.07) is 5.70. The molecular weight excluding hydrogens is 301 g/mol. The van der Waals surface area contributed by atoms with Gasteiger partial charge in [-0.05, 0) is 37.5 Å². The van der Waals surface area contributed by atoms with Gasteiger partial charge in [0.15, 0.2) is 0 Å². The highest BCUT2D eigenvalue weighted by Gasteiger charge is 2.31. The fourth-order valence-corrected chi connectivity index (χ4v) is 3.61. The lowest BCUT2D eigenvalue weighted by Gasteiger charge is -2.35. The molecule has 2 aliphatic rings. The van der Waals surface area contributed by atoms with Gasteiger partial charge in [-0.2, -0.15) is 13.2 Å². The molecule has 0 amide bonds. The van der Waals surface area contributed by atoms with Gasteiger partial charge >= 0.3 is 6.18 Å². The van der Waals surface area contributed by atoms with Crippen LogP contribution in [0, 0.1) is 5.92 Å². The highest BCUT2D eigenvalue weighted by Crippen LogP contribution is 2.31. The van der Waals surface area contributed by atoms with Crippen LogP contribution < -0.4 is 9.80 Å². The van der Waals surface area contributed by atoms with Gasteiger partial charge < -0.3 is 9.80 Å². The number of quaternary nitrogens is 1. The van der Waals surface area contributed by atoms with Gasteiger partial charge in [0, 0.05) is 11.6 Å². The molecular formula is C18H24F3N2+. The predicted octanol–water partition coefficient (Wildman–Crippen LogP) is 2.77. The van der Waals surface area contributed by atoms with Gasteiger partial charge in [0.05, 0.1) is 38.3 Å². The maximum absolute atomic E-state index is 12.8. The molecule has 1 saturated heterocycles. The predicted molar refractivity (Wildman–Crippen MR) is 85.7 cm³/mol. The summed E-state index contributed by atoms with van der Waals surface area (Å²) in [6.07, 6.45) is 3.92. The van der Waals surface area contributed by atoms with E-state index in [0.717, 1.165) is 38.2 Å². The van der Waals surface area contributed by atoms with Gasteiger partial charge in [0.1, 0.15) is 0 Å². The number of halogens is 3. The van der Waals surface area contributed by atoms with Gasteiger partial charge in [-0.25, -0.2) is 0 Å². The monoisotopic (exact) mass is 325 g/mol. The summed E-state index contributed by atoms with van der Waals surface area (Å²) in [6.45, 7) is 4.88. The van der Waals surface area contributed by atoms with Crippen LogP contribution >= 0.6 is 0 Å². The lowest BCUT2D eigenvalue weighted by atomic mass is 9.94. The van der Waals surface area contributed by atoms with E-state index in [0.29, 0.717) is 5.69 Å². The Morgan fingerprint density at radius 3 is 2.57 bits per heavy atom. The fraction of sp³-hybridized carbons (Fsp3) is 0.556. The number of nitrogens with zero attached hydrogens (tertiary/aromatic N) is 1. The summed E-state index contributed by atoms with van der Waals surface area (Å²) in [5, 5.41) is 0. The van der Waals surface area contributed by atoms with E-state index in [9.17, 15) is 13.2 Å². The zero-order valence-electron chi connectivity index (χ0n) is 13.3. The summed E-state index contributed by atoms with van der Waals surface area (Å²) in [4.78, 5) is 3.67. The molecule has 1 heterocycles. The number of hydrogen-bond acceptors (Lipinski definition) is 1.